The van der Waals surface area contributed by atoms with Gasteiger partial charge in [0.25, 0.3) is 0 Å². The second kappa shape index (κ2) is 9.79. The van der Waals surface area contributed by atoms with Crippen molar-refractivity contribution in [1.82, 2.24) is 20.4 Å². The number of nitrogens with one attached hydrogen (secondary N) is 2. The Morgan fingerprint density at radius 2 is 2.00 bits per heavy atom. The Bertz CT molecular complexity index is 170. The Balaban J connectivity index is 2.04. The Kier molecular flexibility index (Phi) is 8.56. The summed E-state index contributed by atoms with van der Waals surface area (Å²) >= 11 is 0. The topological polar surface area (TPSA) is 56.6 Å². The summed E-state index contributed by atoms with van der Waals surface area (Å²) in [5, 5.41) is 6.74. The van der Waals surface area contributed by atoms with Gasteiger partial charge in [0.2, 0.25) is 0 Å². The molecule has 1 heterocycles. The minimum absolute atomic E-state index is 0.729. The SMILES string of the molecule is CCN(CCNCCN)CCN1CCNCC1. The fourth-order valence-corrected chi connectivity index (χ4v) is 2.11. The highest BCUT2D eigenvalue weighted by atomic mass is 15.2. The molecule has 0 unspecified atom stereocenters. The third-order valence-electron chi connectivity index (χ3n) is 3.32. The lowest BCUT2D eigenvalue weighted by Crippen LogP contribution is -2.46. The maximum absolute atomic E-state index is 5.45. The van der Waals surface area contributed by atoms with Crippen LogP contribution in [0.1, 0.15) is 6.92 Å². The van der Waals surface area contributed by atoms with Crippen molar-refractivity contribution in [1.29, 1.82) is 0 Å². The molecule has 0 aliphatic carbocycles. The van der Waals surface area contributed by atoms with Crippen LogP contribution in [0.15, 0.2) is 0 Å². The van der Waals surface area contributed by atoms with Crippen molar-refractivity contribution in [2.45, 2.75) is 6.92 Å². The van der Waals surface area contributed by atoms with Gasteiger partial charge in [-0.2, -0.15) is 0 Å². The van der Waals surface area contributed by atoms with Crippen LogP contribution < -0.4 is 16.4 Å². The molecule has 0 atom stereocenters. The molecule has 1 aliphatic heterocycles. The molecule has 1 fully saturated rings. The fourth-order valence-electron chi connectivity index (χ4n) is 2.11. The Hall–Kier alpha value is -0.200. The van der Waals surface area contributed by atoms with Crippen LogP contribution in [0.3, 0.4) is 0 Å². The molecule has 5 nitrogen and oxygen atoms in total. The summed E-state index contributed by atoms with van der Waals surface area (Å²) in [4.78, 5) is 5.05. The number of likely N-dealkylation sites (N-methyl/N-ethyl adjacent to an activating group) is 1. The van der Waals surface area contributed by atoms with Crippen LogP contribution in [0.2, 0.25) is 0 Å². The van der Waals surface area contributed by atoms with Crippen LogP contribution in [-0.2, 0) is 0 Å². The van der Waals surface area contributed by atoms with E-state index in [1.807, 2.05) is 0 Å². The van der Waals surface area contributed by atoms with Gasteiger partial charge in [0.15, 0.2) is 0 Å². The van der Waals surface area contributed by atoms with Gasteiger partial charge in [-0.15, -0.1) is 0 Å². The van der Waals surface area contributed by atoms with E-state index in [1.165, 1.54) is 26.2 Å². The van der Waals surface area contributed by atoms with Gasteiger partial charge >= 0.3 is 0 Å². The van der Waals surface area contributed by atoms with Crippen molar-refractivity contribution in [2.24, 2.45) is 5.73 Å². The molecule has 0 aromatic heterocycles. The van der Waals surface area contributed by atoms with Crippen molar-refractivity contribution in [3.05, 3.63) is 0 Å². The van der Waals surface area contributed by atoms with Crippen LogP contribution in [0, 0.1) is 0 Å². The molecule has 0 aromatic rings. The number of nitrogens with zero attached hydrogens (tertiary/aromatic N) is 2. The highest BCUT2D eigenvalue weighted by Gasteiger charge is 2.10. The van der Waals surface area contributed by atoms with Gasteiger partial charge in [-0.1, -0.05) is 6.92 Å². The van der Waals surface area contributed by atoms with Gasteiger partial charge in [-0.05, 0) is 6.54 Å². The first kappa shape index (κ1) is 14.9. The largest absolute Gasteiger partial charge is 0.329 e. The van der Waals surface area contributed by atoms with Gasteiger partial charge in [-0.25, -0.2) is 0 Å². The van der Waals surface area contributed by atoms with E-state index in [1.54, 1.807) is 0 Å². The quantitative estimate of drug-likeness (QED) is 0.442. The number of hydrogen-bond donors (Lipinski definition) is 3. The normalized spacial score (nSPS) is 17.8. The van der Waals surface area contributed by atoms with E-state index in [-0.39, 0.29) is 0 Å². The fraction of sp³-hybridized carbons (Fsp3) is 1.00. The summed E-state index contributed by atoms with van der Waals surface area (Å²) in [6, 6.07) is 0. The second-order valence-corrected chi connectivity index (χ2v) is 4.56. The lowest BCUT2D eigenvalue weighted by Gasteiger charge is -2.30. The molecule has 1 aliphatic rings. The van der Waals surface area contributed by atoms with Crippen LogP contribution in [0.25, 0.3) is 0 Å². The zero-order valence-corrected chi connectivity index (χ0v) is 11.2. The molecule has 102 valence electrons. The van der Waals surface area contributed by atoms with Gasteiger partial charge in [0.1, 0.15) is 0 Å². The van der Waals surface area contributed by atoms with Crippen molar-refractivity contribution >= 4 is 0 Å². The van der Waals surface area contributed by atoms with Crippen LogP contribution >= 0.6 is 0 Å². The van der Waals surface area contributed by atoms with Gasteiger partial charge in [0, 0.05) is 65.4 Å². The zero-order chi connectivity index (χ0) is 12.3. The molecule has 0 saturated carbocycles. The third kappa shape index (κ3) is 6.95. The lowest BCUT2D eigenvalue weighted by atomic mass is 10.3. The second-order valence-electron chi connectivity index (χ2n) is 4.56. The van der Waals surface area contributed by atoms with Crippen molar-refractivity contribution < 1.29 is 0 Å². The summed E-state index contributed by atoms with van der Waals surface area (Å²) in [6.07, 6.45) is 0. The molecule has 0 radical (unpaired) electrons. The van der Waals surface area contributed by atoms with Gasteiger partial charge in [0.05, 0.1) is 0 Å². The Morgan fingerprint density at radius 3 is 2.65 bits per heavy atom. The van der Waals surface area contributed by atoms with E-state index in [0.29, 0.717) is 0 Å². The first-order valence-electron chi connectivity index (χ1n) is 6.93. The lowest BCUT2D eigenvalue weighted by molar-refractivity contribution is 0.193. The smallest absolute Gasteiger partial charge is 0.0110 e. The van der Waals surface area contributed by atoms with E-state index in [2.05, 4.69) is 27.4 Å². The van der Waals surface area contributed by atoms with E-state index in [0.717, 1.165) is 45.8 Å². The molecular formula is C12H29N5. The minimum Gasteiger partial charge on any atom is -0.329 e. The number of piperazine rings is 1. The van der Waals surface area contributed by atoms with Crippen LogP contribution in [0.5, 0.6) is 0 Å². The first-order chi connectivity index (χ1) is 8.36. The summed E-state index contributed by atoms with van der Waals surface area (Å²) in [6.45, 7) is 14.3. The van der Waals surface area contributed by atoms with Crippen LogP contribution in [-0.4, -0.2) is 81.8 Å². The van der Waals surface area contributed by atoms with Gasteiger partial charge < -0.3 is 21.3 Å². The highest BCUT2D eigenvalue weighted by Crippen LogP contribution is 1.94. The van der Waals surface area contributed by atoms with Crippen molar-refractivity contribution in [3.8, 4) is 0 Å². The number of rotatable bonds is 9. The van der Waals surface area contributed by atoms with E-state index in [9.17, 15) is 0 Å². The number of nitrogens with two attached hydrogens (primary N) is 1. The van der Waals surface area contributed by atoms with E-state index >= 15 is 0 Å². The summed E-state index contributed by atoms with van der Waals surface area (Å²) in [5.74, 6) is 0. The molecule has 1 rings (SSSR count). The standard InChI is InChI=1S/C12H29N5/c1-2-16(8-5-14-4-3-13)11-12-17-9-6-15-7-10-17/h14-15H,2-13H2,1H3. The summed E-state index contributed by atoms with van der Waals surface area (Å²) in [7, 11) is 0. The Labute approximate surface area is 106 Å². The first-order valence-corrected chi connectivity index (χ1v) is 6.93. The maximum atomic E-state index is 5.45. The average Bonchev–Trinajstić information content (AvgIpc) is 2.39. The molecule has 1 saturated heterocycles. The number of hydrogen-bond acceptors (Lipinski definition) is 5. The van der Waals surface area contributed by atoms with Gasteiger partial charge in [-0.3, -0.25) is 4.90 Å². The van der Waals surface area contributed by atoms with Crippen molar-refractivity contribution in [2.75, 3.05) is 72.0 Å². The molecular weight excluding hydrogens is 214 g/mol. The van der Waals surface area contributed by atoms with E-state index < -0.39 is 0 Å². The molecule has 0 amide bonds. The predicted molar refractivity (Wildman–Crippen MR) is 73.3 cm³/mol. The monoisotopic (exact) mass is 243 g/mol. The highest BCUT2D eigenvalue weighted by molar-refractivity contribution is 4.69. The molecule has 5 heteroatoms. The molecule has 17 heavy (non-hydrogen) atoms. The average molecular weight is 243 g/mol. The van der Waals surface area contributed by atoms with Crippen LogP contribution in [0.4, 0.5) is 0 Å². The summed E-state index contributed by atoms with van der Waals surface area (Å²) < 4.78 is 0. The maximum Gasteiger partial charge on any atom is 0.0110 e. The molecule has 4 N–H and O–H groups in total. The third-order valence-corrected chi connectivity index (χ3v) is 3.32. The predicted octanol–water partition coefficient (Wildman–Crippen LogP) is -1.24. The van der Waals surface area contributed by atoms with Crippen molar-refractivity contribution in [3.63, 3.8) is 0 Å². The minimum atomic E-state index is 0.729. The molecule has 0 bridgehead atoms. The van der Waals surface area contributed by atoms with E-state index in [4.69, 9.17) is 5.73 Å². The Morgan fingerprint density at radius 1 is 1.24 bits per heavy atom. The molecule has 0 aromatic carbocycles. The summed E-state index contributed by atoms with van der Waals surface area (Å²) in [5.41, 5.74) is 5.45. The zero-order valence-electron chi connectivity index (χ0n) is 11.2. The molecule has 0 spiro atoms.